The monoisotopic (exact) mass is 430 g/mol. The summed E-state index contributed by atoms with van der Waals surface area (Å²) in [6.45, 7) is 4.88. The molecule has 2 aliphatic rings. The predicted molar refractivity (Wildman–Crippen MR) is 123 cm³/mol. The summed E-state index contributed by atoms with van der Waals surface area (Å²) < 4.78 is 7.09. The third kappa shape index (κ3) is 3.57. The van der Waals surface area contributed by atoms with Gasteiger partial charge in [-0.05, 0) is 36.8 Å². The first-order chi connectivity index (χ1) is 15.7. The first-order valence-electron chi connectivity index (χ1n) is 10.8. The Bertz CT molecular complexity index is 1130. The minimum Gasteiger partial charge on any atom is -0.497 e. The lowest BCUT2D eigenvalue weighted by molar-refractivity contribution is -0.128. The van der Waals surface area contributed by atoms with Gasteiger partial charge in [-0.2, -0.15) is 10.1 Å². The lowest BCUT2D eigenvalue weighted by Crippen LogP contribution is -2.50. The molecule has 1 atom stereocenters. The fourth-order valence-corrected chi connectivity index (χ4v) is 4.44. The summed E-state index contributed by atoms with van der Waals surface area (Å²) in [7, 11) is 1.64. The molecule has 0 aliphatic carbocycles. The maximum atomic E-state index is 13.8. The average Bonchev–Trinajstić information content (AvgIpc) is 3.31. The SMILES string of the molecule is COc1ccc([C@H]2C(C(=O)N3CCN(c4ccccc4)CC3)=C(C)Nc3ncnn32)cc1. The molecule has 1 aromatic heterocycles. The number of piperazine rings is 1. The highest BCUT2D eigenvalue weighted by Crippen LogP contribution is 2.36. The molecule has 0 unspecified atom stereocenters. The molecular formula is C24H26N6O2. The summed E-state index contributed by atoms with van der Waals surface area (Å²) in [6.07, 6.45) is 1.51. The molecule has 2 aromatic carbocycles. The maximum Gasteiger partial charge on any atom is 0.254 e. The van der Waals surface area contributed by atoms with Crippen molar-refractivity contribution in [2.45, 2.75) is 13.0 Å². The zero-order valence-electron chi connectivity index (χ0n) is 18.2. The van der Waals surface area contributed by atoms with Crippen LogP contribution in [0.4, 0.5) is 11.6 Å². The topological polar surface area (TPSA) is 75.5 Å². The highest BCUT2D eigenvalue weighted by Gasteiger charge is 2.36. The Morgan fingerprint density at radius 2 is 1.75 bits per heavy atom. The molecule has 1 saturated heterocycles. The number of anilines is 2. The van der Waals surface area contributed by atoms with Gasteiger partial charge in [-0.25, -0.2) is 4.68 Å². The van der Waals surface area contributed by atoms with Crippen LogP contribution in [0.25, 0.3) is 0 Å². The fraction of sp³-hybridized carbons (Fsp3) is 0.292. The van der Waals surface area contributed by atoms with Crippen molar-refractivity contribution in [3.63, 3.8) is 0 Å². The van der Waals surface area contributed by atoms with Gasteiger partial charge in [-0.15, -0.1) is 0 Å². The van der Waals surface area contributed by atoms with E-state index >= 15 is 0 Å². The molecule has 8 heteroatoms. The number of para-hydroxylation sites is 1. The number of fused-ring (bicyclic) bond motifs is 1. The average molecular weight is 431 g/mol. The standard InChI is InChI=1S/C24H26N6O2/c1-17-21(23(31)29-14-12-28(13-15-29)19-6-4-3-5-7-19)22(30-24(27-17)25-16-26-30)18-8-10-20(32-2)11-9-18/h3-11,16,22H,12-15H2,1-2H3,(H,25,26,27)/t22-/m0/s1. The molecule has 0 saturated carbocycles. The zero-order chi connectivity index (χ0) is 22.1. The third-order valence-electron chi connectivity index (χ3n) is 6.14. The third-order valence-corrected chi connectivity index (χ3v) is 6.14. The van der Waals surface area contributed by atoms with Crippen molar-refractivity contribution in [3.8, 4) is 5.75 Å². The van der Waals surface area contributed by atoms with Crippen LogP contribution in [0.2, 0.25) is 0 Å². The largest absolute Gasteiger partial charge is 0.497 e. The van der Waals surface area contributed by atoms with Gasteiger partial charge >= 0.3 is 0 Å². The van der Waals surface area contributed by atoms with Crippen LogP contribution >= 0.6 is 0 Å². The van der Waals surface area contributed by atoms with E-state index in [4.69, 9.17) is 4.74 Å². The second-order valence-electron chi connectivity index (χ2n) is 7.98. The number of aromatic nitrogens is 3. The number of nitrogens with one attached hydrogen (secondary N) is 1. The Balaban J connectivity index is 1.42. The second-order valence-corrected chi connectivity index (χ2v) is 7.98. The lowest BCUT2D eigenvalue weighted by Gasteiger charge is -2.38. The van der Waals surface area contributed by atoms with Gasteiger partial charge in [0.1, 0.15) is 18.1 Å². The van der Waals surface area contributed by atoms with E-state index in [1.165, 1.54) is 12.0 Å². The molecule has 8 nitrogen and oxygen atoms in total. The molecule has 0 radical (unpaired) electrons. The Morgan fingerprint density at radius 3 is 2.44 bits per heavy atom. The molecule has 0 bridgehead atoms. The number of carbonyl (C=O) groups excluding carboxylic acids is 1. The van der Waals surface area contributed by atoms with Crippen molar-refractivity contribution < 1.29 is 9.53 Å². The summed E-state index contributed by atoms with van der Waals surface area (Å²) >= 11 is 0. The minimum atomic E-state index is -0.348. The summed E-state index contributed by atoms with van der Waals surface area (Å²) in [5.41, 5.74) is 3.66. The zero-order valence-corrected chi connectivity index (χ0v) is 18.2. The van der Waals surface area contributed by atoms with E-state index in [9.17, 15) is 4.79 Å². The molecule has 1 fully saturated rings. The number of methoxy groups -OCH3 is 1. The van der Waals surface area contributed by atoms with Gasteiger partial charge in [0.2, 0.25) is 5.95 Å². The number of benzene rings is 2. The molecule has 164 valence electrons. The number of carbonyl (C=O) groups is 1. The van der Waals surface area contributed by atoms with Crippen LogP contribution in [0.3, 0.4) is 0 Å². The predicted octanol–water partition coefficient (Wildman–Crippen LogP) is 2.92. The van der Waals surface area contributed by atoms with Crippen molar-refractivity contribution in [2.75, 3.05) is 43.5 Å². The van der Waals surface area contributed by atoms with Crippen molar-refractivity contribution in [1.82, 2.24) is 19.7 Å². The normalized spacial score (nSPS) is 18.2. The van der Waals surface area contributed by atoms with E-state index in [1.54, 1.807) is 11.8 Å². The molecule has 5 rings (SSSR count). The van der Waals surface area contributed by atoms with Crippen molar-refractivity contribution in [1.29, 1.82) is 0 Å². The van der Waals surface area contributed by atoms with Gasteiger partial charge in [-0.3, -0.25) is 4.79 Å². The summed E-state index contributed by atoms with van der Waals surface area (Å²) in [4.78, 5) is 22.3. The Labute approximate surface area is 187 Å². The van der Waals surface area contributed by atoms with Crippen LogP contribution in [0, 0.1) is 0 Å². The smallest absolute Gasteiger partial charge is 0.254 e. The number of rotatable bonds is 4. The maximum absolute atomic E-state index is 13.8. The molecule has 0 spiro atoms. The summed E-state index contributed by atoms with van der Waals surface area (Å²) in [6, 6.07) is 17.8. The van der Waals surface area contributed by atoms with Gasteiger partial charge in [0.15, 0.2) is 0 Å². The molecule has 1 N–H and O–H groups in total. The van der Waals surface area contributed by atoms with Crippen molar-refractivity contribution in [3.05, 3.63) is 77.8 Å². The molecule has 2 aliphatic heterocycles. The van der Waals surface area contributed by atoms with Crippen molar-refractivity contribution in [2.24, 2.45) is 0 Å². The van der Waals surface area contributed by atoms with Gasteiger partial charge in [0, 0.05) is 37.6 Å². The van der Waals surface area contributed by atoms with E-state index in [0.717, 1.165) is 30.1 Å². The second kappa shape index (κ2) is 8.37. The Kier molecular flexibility index (Phi) is 5.26. The number of allylic oxidation sites excluding steroid dienone is 1. The van der Waals surface area contributed by atoms with Crippen molar-refractivity contribution >= 4 is 17.5 Å². The van der Waals surface area contributed by atoms with Gasteiger partial charge in [-0.1, -0.05) is 30.3 Å². The number of amides is 1. The lowest BCUT2D eigenvalue weighted by atomic mass is 9.94. The first kappa shape index (κ1) is 20.1. The number of hydrogen-bond acceptors (Lipinski definition) is 6. The summed E-state index contributed by atoms with van der Waals surface area (Å²) in [5, 5.41) is 7.67. The fourth-order valence-electron chi connectivity index (χ4n) is 4.44. The van der Waals surface area contributed by atoms with Crippen LogP contribution in [-0.2, 0) is 4.79 Å². The first-order valence-corrected chi connectivity index (χ1v) is 10.8. The van der Waals surface area contributed by atoms with Crippen LogP contribution < -0.4 is 15.0 Å². The van der Waals surface area contributed by atoms with E-state index in [1.807, 2.05) is 54.3 Å². The molecule has 3 aromatic rings. The number of hydrogen-bond donors (Lipinski definition) is 1. The molecule has 32 heavy (non-hydrogen) atoms. The molecule has 3 heterocycles. The van der Waals surface area contributed by atoms with E-state index in [-0.39, 0.29) is 11.9 Å². The molecule has 1 amide bonds. The van der Waals surface area contributed by atoms with Gasteiger partial charge in [0.05, 0.1) is 12.7 Å². The van der Waals surface area contributed by atoms with E-state index in [2.05, 4.69) is 32.4 Å². The van der Waals surface area contributed by atoms with Crippen LogP contribution in [0.5, 0.6) is 5.75 Å². The van der Waals surface area contributed by atoms with Crippen LogP contribution in [-0.4, -0.2) is 58.9 Å². The number of nitrogens with zero attached hydrogens (tertiary/aromatic N) is 5. The Hall–Kier alpha value is -3.81. The van der Waals surface area contributed by atoms with Gasteiger partial charge in [0.25, 0.3) is 5.91 Å². The Morgan fingerprint density at radius 1 is 1.03 bits per heavy atom. The van der Waals surface area contributed by atoms with E-state index < -0.39 is 0 Å². The van der Waals surface area contributed by atoms with Crippen LogP contribution in [0.1, 0.15) is 18.5 Å². The quantitative estimate of drug-likeness (QED) is 0.686. The van der Waals surface area contributed by atoms with Gasteiger partial charge < -0.3 is 19.9 Å². The number of ether oxygens (including phenoxy) is 1. The van der Waals surface area contributed by atoms with Crippen LogP contribution in [0.15, 0.2) is 72.2 Å². The minimum absolute atomic E-state index is 0.0321. The highest BCUT2D eigenvalue weighted by atomic mass is 16.5. The van der Waals surface area contributed by atoms with E-state index in [0.29, 0.717) is 24.6 Å². The highest BCUT2D eigenvalue weighted by molar-refractivity contribution is 5.97. The molecular weight excluding hydrogens is 404 g/mol. The summed E-state index contributed by atoms with van der Waals surface area (Å²) in [5.74, 6) is 1.44.